The minimum absolute atomic E-state index is 0. The number of nitrogens with zero attached hydrogens (tertiary/aromatic N) is 4. The lowest BCUT2D eigenvalue weighted by atomic mass is 10.0. The molecule has 2 heterocycles. The highest BCUT2D eigenvalue weighted by Gasteiger charge is 2.19. The van der Waals surface area contributed by atoms with Crippen LogP contribution in [0.25, 0.3) is 0 Å². The van der Waals surface area contributed by atoms with E-state index in [1.807, 2.05) is 6.20 Å². The van der Waals surface area contributed by atoms with Crippen LogP contribution in [0.1, 0.15) is 38.1 Å². The van der Waals surface area contributed by atoms with Crippen LogP contribution in [0.3, 0.4) is 0 Å². The van der Waals surface area contributed by atoms with Crippen molar-refractivity contribution in [1.82, 2.24) is 19.8 Å². The van der Waals surface area contributed by atoms with Gasteiger partial charge in [0.1, 0.15) is 5.82 Å². The number of benzene rings is 1. The lowest BCUT2D eigenvalue weighted by Gasteiger charge is -2.33. The Morgan fingerprint density at radius 2 is 2.11 bits per heavy atom. The lowest BCUT2D eigenvalue weighted by Crippen LogP contribution is -2.46. The zero-order valence-corrected chi connectivity index (χ0v) is 18.8. The van der Waals surface area contributed by atoms with Gasteiger partial charge in [0.15, 0.2) is 5.96 Å². The molecule has 0 saturated carbocycles. The van der Waals surface area contributed by atoms with Crippen molar-refractivity contribution in [2.24, 2.45) is 10.9 Å². The number of piperidine rings is 1. The highest BCUT2D eigenvalue weighted by Crippen LogP contribution is 2.15. The third kappa shape index (κ3) is 6.52. The van der Waals surface area contributed by atoms with E-state index in [-0.39, 0.29) is 24.0 Å². The summed E-state index contributed by atoms with van der Waals surface area (Å²) in [4.78, 5) is 11.8. The number of aliphatic imine (C=N–C) groups is 1. The number of imidazole rings is 1. The minimum atomic E-state index is 0. The third-order valence-corrected chi connectivity index (χ3v) is 4.89. The summed E-state index contributed by atoms with van der Waals surface area (Å²) in [5, 5.41) is 3.46. The van der Waals surface area contributed by atoms with Crippen LogP contribution in [0.15, 0.2) is 47.7 Å². The summed E-state index contributed by atoms with van der Waals surface area (Å²) in [6.07, 6.45) is 7.39. The number of aromatic nitrogens is 2. The van der Waals surface area contributed by atoms with Gasteiger partial charge in [0.2, 0.25) is 0 Å². The van der Waals surface area contributed by atoms with Gasteiger partial charge in [-0.3, -0.25) is 4.99 Å². The van der Waals surface area contributed by atoms with Crippen molar-refractivity contribution in [3.05, 3.63) is 54.1 Å². The SMILES string of the molecule is CCNC(=NCCc1nccn1Cc1ccccc1)N1CCCC(C)C1.I. The molecule has 1 saturated heterocycles. The predicted molar refractivity (Wildman–Crippen MR) is 123 cm³/mol. The molecule has 1 unspecified atom stereocenters. The average molecular weight is 481 g/mol. The monoisotopic (exact) mass is 481 g/mol. The predicted octanol–water partition coefficient (Wildman–Crippen LogP) is 3.79. The molecule has 0 amide bonds. The van der Waals surface area contributed by atoms with E-state index in [1.54, 1.807) is 0 Å². The molecule has 6 heteroatoms. The second kappa shape index (κ2) is 11.3. The maximum atomic E-state index is 4.87. The maximum Gasteiger partial charge on any atom is 0.193 e. The largest absolute Gasteiger partial charge is 0.357 e. The van der Waals surface area contributed by atoms with Crippen LogP contribution in [0.2, 0.25) is 0 Å². The van der Waals surface area contributed by atoms with Crippen molar-refractivity contribution in [1.29, 1.82) is 0 Å². The second-order valence-corrected chi connectivity index (χ2v) is 7.14. The van der Waals surface area contributed by atoms with Gasteiger partial charge in [-0.2, -0.15) is 0 Å². The molecule has 5 nitrogen and oxygen atoms in total. The molecule has 1 N–H and O–H groups in total. The number of halogens is 1. The van der Waals surface area contributed by atoms with E-state index in [0.29, 0.717) is 0 Å². The summed E-state index contributed by atoms with van der Waals surface area (Å²) >= 11 is 0. The van der Waals surface area contributed by atoms with E-state index < -0.39 is 0 Å². The smallest absolute Gasteiger partial charge is 0.193 e. The van der Waals surface area contributed by atoms with Crippen LogP contribution >= 0.6 is 24.0 Å². The fourth-order valence-electron chi connectivity index (χ4n) is 3.56. The van der Waals surface area contributed by atoms with E-state index in [4.69, 9.17) is 4.99 Å². The molecule has 1 aromatic heterocycles. The summed E-state index contributed by atoms with van der Waals surface area (Å²) in [6.45, 7) is 9.22. The van der Waals surface area contributed by atoms with E-state index in [1.165, 1.54) is 18.4 Å². The van der Waals surface area contributed by atoms with E-state index in [9.17, 15) is 0 Å². The van der Waals surface area contributed by atoms with Crippen molar-refractivity contribution in [3.63, 3.8) is 0 Å². The van der Waals surface area contributed by atoms with Gasteiger partial charge < -0.3 is 14.8 Å². The van der Waals surface area contributed by atoms with Gasteiger partial charge in [0, 0.05) is 51.5 Å². The first kappa shape index (κ1) is 21.7. The van der Waals surface area contributed by atoms with Crippen molar-refractivity contribution in [2.75, 3.05) is 26.2 Å². The third-order valence-electron chi connectivity index (χ3n) is 4.89. The van der Waals surface area contributed by atoms with Gasteiger partial charge in [-0.1, -0.05) is 37.3 Å². The molecule has 0 radical (unpaired) electrons. The van der Waals surface area contributed by atoms with Gasteiger partial charge in [-0.05, 0) is 31.2 Å². The maximum absolute atomic E-state index is 4.87. The number of rotatable bonds is 6. The first-order chi connectivity index (χ1) is 12.8. The van der Waals surface area contributed by atoms with Crippen LogP contribution in [0.4, 0.5) is 0 Å². The Labute approximate surface area is 180 Å². The molecular weight excluding hydrogens is 449 g/mol. The van der Waals surface area contributed by atoms with Gasteiger partial charge in [0.25, 0.3) is 0 Å². The summed E-state index contributed by atoms with van der Waals surface area (Å²) in [7, 11) is 0. The highest BCUT2D eigenvalue weighted by atomic mass is 127. The Bertz CT molecular complexity index is 698. The number of hydrogen-bond acceptors (Lipinski definition) is 2. The van der Waals surface area contributed by atoms with Gasteiger partial charge >= 0.3 is 0 Å². The molecule has 0 bridgehead atoms. The Balaban J connectivity index is 0.00000261. The van der Waals surface area contributed by atoms with Crippen molar-refractivity contribution in [2.45, 2.75) is 39.7 Å². The zero-order valence-electron chi connectivity index (χ0n) is 16.5. The number of nitrogens with one attached hydrogen (secondary N) is 1. The zero-order chi connectivity index (χ0) is 18.2. The molecule has 0 aliphatic carbocycles. The highest BCUT2D eigenvalue weighted by molar-refractivity contribution is 14.0. The molecule has 1 aliphatic heterocycles. The molecule has 148 valence electrons. The Hall–Kier alpha value is -1.57. The summed E-state index contributed by atoms with van der Waals surface area (Å²) in [5.41, 5.74) is 1.30. The first-order valence-electron chi connectivity index (χ1n) is 9.83. The minimum Gasteiger partial charge on any atom is -0.357 e. The molecule has 0 spiro atoms. The standard InChI is InChI=1S/C21H31N5.HI/c1-3-22-21(26-14-7-8-18(2)16-26)24-12-11-20-23-13-15-25(20)17-19-9-5-4-6-10-19;/h4-6,9-10,13,15,18H,3,7-8,11-12,14,16-17H2,1-2H3,(H,22,24);1H. The Morgan fingerprint density at radius 3 is 2.85 bits per heavy atom. The van der Waals surface area contributed by atoms with Crippen molar-refractivity contribution >= 4 is 29.9 Å². The fraction of sp³-hybridized carbons (Fsp3) is 0.524. The molecular formula is C21H32IN5. The quantitative estimate of drug-likeness (QED) is 0.388. The summed E-state index contributed by atoms with van der Waals surface area (Å²) in [5.74, 6) is 2.90. The molecule has 1 aliphatic rings. The van der Waals surface area contributed by atoms with E-state index in [0.717, 1.165) is 56.8 Å². The van der Waals surface area contributed by atoms with E-state index >= 15 is 0 Å². The number of likely N-dealkylation sites (tertiary alicyclic amines) is 1. The van der Waals surface area contributed by atoms with E-state index in [2.05, 4.69) is 70.1 Å². The van der Waals surface area contributed by atoms with Crippen LogP contribution < -0.4 is 5.32 Å². The Kier molecular flexibility index (Phi) is 9.10. The molecule has 1 fully saturated rings. The van der Waals surface area contributed by atoms with Gasteiger partial charge in [0.05, 0.1) is 0 Å². The van der Waals surface area contributed by atoms with Crippen LogP contribution in [-0.4, -0.2) is 46.6 Å². The van der Waals surface area contributed by atoms with Gasteiger partial charge in [-0.25, -0.2) is 4.98 Å². The topological polar surface area (TPSA) is 45.5 Å². The van der Waals surface area contributed by atoms with Crippen LogP contribution in [0.5, 0.6) is 0 Å². The molecule has 27 heavy (non-hydrogen) atoms. The van der Waals surface area contributed by atoms with Crippen LogP contribution in [0, 0.1) is 5.92 Å². The summed E-state index contributed by atoms with van der Waals surface area (Å²) < 4.78 is 2.22. The number of hydrogen-bond donors (Lipinski definition) is 1. The second-order valence-electron chi connectivity index (χ2n) is 7.14. The first-order valence-corrected chi connectivity index (χ1v) is 9.83. The number of guanidine groups is 1. The normalized spacial score (nSPS) is 17.5. The molecule has 1 atom stereocenters. The molecule has 3 rings (SSSR count). The Morgan fingerprint density at radius 1 is 1.30 bits per heavy atom. The summed E-state index contributed by atoms with van der Waals surface area (Å²) in [6, 6.07) is 10.5. The molecule has 1 aromatic carbocycles. The van der Waals surface area contributed by atoms with Crippen LogP contribution in [-0.2, 0) is 13.0 Å². The lowest BCUT2D eigenvalue weighted by molar-refractivity contribution is 0.266. The fourth-order valence-corrected chi connectivity index (χ4v) is 3.56. The van der Waals surface area contributed by atoms with Crippen molar-refractivity contribution in [3.8, 4) is 0 Å². The van der Waals surface area contributed by atoms with Crippen molar-refractivity contribution < 1.29 is 0 Å². The average Bonchev–Trinajstić information content (AvgIpc) is 3.09. The molecule has 2 aromatic rings. The van der Waals surface area contributed by atoms with Gasteiger partial charge in [-0.15, -0.1) is 24.0 Å².